The third kappa shape index (κ3) is 8.01. The van der Waals surface area contributed by atoms with Crippen molar-refractivity contribution in [3.63, 3.8) is 0 Å². The summed E-state index contributed by atoms with van der Waals surface area (Å²) >= 11 is 8.52. The second-order valence-electron chi connectivity index (χ2n) is 16.3. The Hall–Kier alpha value is -5.84. The lowest BCUT2D eigenvalue weighted by Gasteiger charge is -2.26. The summed E-state index contributed by atoms with van der Waals surface area (Å²) in [6, 6.07) is 39.2. The Morgan fingerprint density at radius 2 is 0.824 bits per heavy atom. The van der Waals surface area contributed by atoms with Crippen LogP contribution >= 0.6 is 90.4 Å². The van der Waals surface area contributed by atoms with Crippen LogP contribution in [0.15, 0.2) is 140 Å². The van der Waals surface area contributed by atoms with Crippen molar-refractivity contribution in [1.29, 1.82) is 0 Å². The average molecular weight is 1350 g/mol. The normalized spacial score (nSPS) is 12.1. The zero-order valence-electron chi connectivity index (χ0n) is 34.9. The molecule has 0 fully saturated rings. The van der Waals surface area contributed by atoms with E-state index in [0.717, 1.165) is 21.9 Å². The summed E-state index contributed by atoms with van der Waals surface area (Å²) in [5, 5.41) is 104. The van der Waals surface area contributed by atoms with Crippen molar-refractivity contribution in [1.82, 2.24) is 0 Å². The highest BCUT2D eigenvalue weighted by Gasteiger charge is 2.31. The molecule has 0 radical (unpaired) electrons. The van der Waals surface area contributed by atoms with Crippen molar-refractivity contribution in [2.24, 2.45) is 0 Å². The molecule has 0 aliphatic carbocycles. The number of halogens is 4. The van der Waals surface area contributed by atoms with Gasteiger partial charge < -0.3 is 50.7 Å². The Balaban J connectivity index is 1.19. The number of benzene rings is 10. The summed E-state index contributed by atoms with van der Waals surface area (Å²) in [4.78, 5) is 0. The summed E-state index contributed by atoms with van der Waals surface area (Å²) in [6.07, 6.45) is 0. The molecule has 0 saturated carbocycles. The second kappa shape index (κ2) is 17.9. The summed E-state index contributed by atoms with van der Waals surface area (Å²) in [5.74, 6) is -2.07. The highest BCUT2D eigenvalue weighted by atomic mass is 127. The van der Waals surface area contributed by atoms with Crippen molar-refractivity contribution < 1.29 is 50.7 Å². The third-order valence-corrected chi connectivity index (χ3v) is 15.6. The molecule has 0 aromatic heterocycles. The maximum Gasteiger partial charge on any atom is 0.165 e. The fraction of sp³-hybridized carbons (Fsp3) is 0.0370. The van der Waals surface area contributed by atoms with E-state index < -0.39 is 11.8 Å². The van der Waals surface area contributed by atoms with Crippen LogP contribution in [-0.4, -0.2) is 46.0 Å². The van der Waals surface area contributed by atoms with Gasteiger partial charge in [-0.15, -0.1) is 0 Å². The van der Waals surface area contributed by atoms with Gasteiger partial charge in [-0.3, -0.25) is 0 Å². The number of phenols is 9. The number of hydrogen-bond acceptors (Lipinski definition) is 10. The van der Waals surface area contributed by atoms with Crippen molar-refractivity contribution in [3.8, 4) is 63.2 Å². The minimum absolute atomic E-state index is 0.0140. The topological polar surface area (TPSA) is 191 Å². The fourth-order valence-corrected chi connectivity index (χ4v) is 13.1. The molecule has 0 amide bonds. The van der Waals surface area contributed by atoms with Crippen LogP contribution < -0.4 is 4.74 Å². The highest BCUT2D eigenvalue weighted by Crippen LogP contribution is 2.51. The van der Waals surface area contributed by atoms with E-state index in [2.05, 4.69) is 90.4 Å². The molecule has 10 aromatic rings. The van der Waals surface area contributed by atoms with Gasteiger partial charge in [-0.05, 0) is 230 Å². The first-order chi connectivity index (χ1) is 32.6. The molecule has 10 rings (SSSR count). The molecule has 0 saturated heterocycles. The number of phenolic OH excluding ortho intramolecular Hbond substituents is 9. The Kier molecular flexibility index (Phi) is 12.1. The zero-order chi connectivity index (χ0) is 47.9. The maximum atomic E-state index is 11.8. The molecular formula is C54H34I4O10. The van der Waals surface area contributed by atoms with Gasteiger partial charge in [-0.2, -0.15) is 0 Å². The minimum Gasteiger partial charge on any atom is -0.508 e. The van der Waals surface area contributed by atoms with Gasteiger partial charge in [-0.1, -0.05) is 54.6 Å². The summed E-state index contributed by atoms with van der Waals surface area (Å²) in [5.41, 5.74) is 3.62. The van der Waals surface area contributed by atoms with Crippen LogP contribution in [0, 0.1) is 14.3 Å². The Bertz CT molecular complexity index is 3600. The van der Waals surface area contributed by atoms with E-state index in [1.165, 1.54) is 12.1 Å². The van der Waals surface area contributed by atoms with Gasteiger partial charge in [0.25, 0.3) is 0 Å². The first kappa shape index (κ1) is 45.9. The van der Waals surface area contributed by atoms with E-state index in [1.807, 2.05) is 36.4 Å². The summed E-state index contributed by atoms with van der Waals surface area (Å²) in [6.45, 7) is 0. The van der Waals surface area contributed by atoms with Crippen molar-refractivity contribution in [2.45, 2.75) is 11.8 Å². The molecule has 9 N–H and O–H groups in total. The van der Waals surface area contributed by atoms with Crippen LogP contribution in [-0.2, 0) is 0 Å². The number of ether oxygens (including phenoxy) is 1. The van der Waals surface area contributed by atoms with Crippen molar-refractivity contribution in [3.05, 3.63) is 187 Å². The van der Waals surface area contributed by atoms with Gasteiger partial charge in [0.2, 0.25) is 0 Å². The van der Waals surface area contributed by atoms with Gasteiger partial charge in [-0.25, -0.2) is 0 Å². The molecule has 10 nitrogen and oxygen atoms in total. The largest absolute Gasteiger partial charge is 0.508 e. The molecule has 0 aliphatic heterocycles. The van der Waals surface area contributed by atoms with E-state index in [4.69, 9.17) is 4.74 Å². The Morgan fingerprint density at radius 3 is 1.38 bits per heavy atom. The third-order valence-electron chi connectivity index (χ3n) is 12.3. The lowest BCUT2D eigenvalue weighted by atomic mass is 9.79. The van der Waals surface area contributed by atoms with E-state index in [1.54, 1.807) is 91.0 Å². The lowest BCUT2D eigenvalue weighted by Crippen LogP contribution is -2.08. The SMILES string of the molecule is Oc1ccc2ccc(O)c(C(c3cc(I)c(Oc4cc(C(c5cc(I)c(O)c(I)c5)c5cccc6c(O)c(O)ccc56)c5ccc(O)c(O)c5c4)c(I)c3)c3c(O)ccc4ccc(O)cc34)c2c1. The molecule has 1 atom stereocenters. The van der Waals surface area contributed by atoms with Crippen molar-refractivity contribution >= 4 is 133 Å². The van der Waals surface area contributed by atoms with Gasteiger partial charge in [0.15, 0.2) is 28.7 Å². The second-order valence-corrected chi connectivity index (χ2v) is 21.0. The molecule has 0 heterocycles. The minimum atomic E-state index is -0.854. The maximum absolute atomic E-state index is 11.8. The van der Waals surface area contributed by atoms with Crippen LogP contribution in [0.3, 0.4) is 0 Å². The first-order valence-corrected chi connectivity index (χ1v) is 25.1. The Labute approximate surface area is 441 Å². The van der Waals surface area contributed by atoms with Gasteiger partial charge in [0.1, 0.15) is 34.5 Å². The molecule has 14 heteroatoms. The van der Waals surface area contributed by atoms with Crippen LogP contribution in [0.5, 0.6) is 63.2 Å². The molecule has 338 valence electrons. The van der Waals surface area contributed by atoms with E-state index in [0.29, 0.717) is 75.0 Å². The van der Waals surface area contributed by atoms with Crippen LogP contribution in [0.25, 0.3) is 43.1 Å². The zero-order valence-corrected chi connectivity index (χ0v) is 43.5. The predicted octanol–water partition coefficient (Wildman–Crippen LogP) is 14.2. The number of hydrogen-bond donors (Lipinski definition) is 9. The molecular weight excluding hydrogens is 1320 g/mol. The van der Waals surface area contributed by atoms with E-state index >= 15 is 0 Å². The van der Waals surface area contributed by atoms with Gasteiger partial charge >= 0.3 is 0 Å². The summed E-state index contributed by atoms with van der Waals surface area (Å²) < 4.78 is 9.32. The van der Waals surface area contributed by atoms with E-state index in [9.17, 15) is 46.0 Å². The fourth-order valence-electron chi connectivity index (χ4n) is 9.28. The highest BCUT2D eigenvalue weighted by molar-refractivity contribution is 14.1. The molecule has 1 unspecified atom stereocenters. The molecule has 0 spiro atoms. The standard InChI is InChI=1S/C54H34I4O10/c55-39-16-26(17-40(56)53(39)67)47(33-2-1-3-34-31(33)10-14-45(63)51(34)65)37-22-30(23-38-32(37)11-15-46(64)52(38)66)68-54-41(57)18-27(19-42(54)58)48(49-35-20-28(59)8-4-24(35)6-12-43(49)61)50-36-21-29(60)9-5-25(36)7-13-44(50)62/h1-23,47-48,59-67H. The Morgan fingerprint density at radius 1 is 0.353 bits per heavy atom. The van der Waals surface area contributed by atoms with Gasteiger partial charge in [0, 0.05) is 33.7 Å². The number of aromatic hydroxyl groups is 9. The van der Waals surface area contributed by atoms with Gasteiger partial charge in [0.05, 0.1) is 14.3 Å². The monoisotopic (exact) mass is 1350 g/mol. The van der Waals surface area contributed by atoms with Crippen molar-refractivity contribution in [2.75, 3.05) is 0 Å². The molecule has 68 heavy (non-hydrogen) atoms. The predicted molar refractivity (Wildman–Crippen MR) is 296 cm³/mol. The summed E-state index contributed by atoms with van der Waals surface area (Å²) in [7, 11) is 0. The number of fused-ring (bicyclic) bond motifs is 4. The molecule has 0 aliphatic rings. The van der Waals surface area contributed by atoms with E-state index in [-0.39, 0.29) is 57.1 Å². The quantitative estimate of drug-likeness (QED) is 0.0402. The first-order valence-electron chi connectivity index (χ1n) is 20.7. The molecule has 0 bridgehead atoms. The smallest absolute Gasteiger partial charge is 0.165 e. The van der Waals surface area contributed by atoms with Crippen LogP contribution in [0.1, 0.15) is 45.2 Å². The van der Waals surface area contributed by atoms with Crippen LogP contribution in [0.4, 0.5) is 0 Å². The number of rotatable bonds is 8. The average Bonchev–Trinajstić information content (AvgIpc) is 3.31. The van der Waals surface area contributed by atoms with Crippen LogP contribution in [0.2, 0.25) is 0 Å². The molecule has 10 aromatic carbocycles. The lowest BCUT2D eigenvalue weighted by molar-refractivity contribution is 0.408.